The van der Waals surface area contributed by atoms with Crippen LogP contribution in [-0.2, 0) is 4.79 Å². The number of nitrogens with one attached hydrogen (secondary N) is 2. The second kappa shape index (κ2) is 9.05. The van der Waals surface area contributed by atoms with E-state index in [0.717, 1.165) is 12.1 Å². The van der Waals surface area contributed by atoms with E-state index >= 15 is 0 Å². The van der Waals surface area contributed by atoms with Crippen LogP contribution in [0, 0.1) is 11.6 Å². The molecule has 3 atom stereocenters. The van der Waals surface area contributed by atoms with Gasteiger partial charge in [-0.3, -0.25) is 9.69 Å². The molecule has 0 aromatic heterocycles. The van der Waals surface area contributed by atoms with Gasteiger partial charge in [-0.1, -0.05) is 24.1 Å². The Morgan fingerprint density at radius 2 is 2.00 bits per heavy atom. The summed E-state index contributed by atoms with van der Waals surface area (Å²) >= 11 is 5.70. The maximum atomic E-state index is 14.8. The lowest BCUT2D eigenvalue weighted by Gasteiger charge is -2.41. The van der Waals surface area contributed by atoms with Crippen molar-refractivity contribution >= 4 is 23.4 Å². The van der Waals surface area contributed by atoms with Gasteiger partial charge in [-0.2, -0.15) is 13.2 Å². The van der Waals surface area contributed by atoms with E-state index in [-0.39, 0.29) is 25.1 Å². The van der Waals surface area contributed by atoms with Crippen LogP contribution in [-0.4, -0.2) is 54.6 Å². The fraction of sp³-hybridized carbons (Fsp3) is 0.579. The van der Waals surface area contributed by atoms with Crippen LogP contribution in [0.4, 0.5) is 26.7 Å². The second-order valence-corrected chi connectivity index (χ2v) is 7.98. The average Bonchev–Trinajstić information content (AvgIpc) is 3.11. The van der Waals surface area contributed by atoms with Crippen molar-refractivity contribution in [3.8, 4) is 0 Å². The number of likely N-dealkylation sites (tertiary alicyclic amines) is 1. The third-order valence-corrected chi connectivity index (χ3v) is 5.90. The Morgan fingerprint density at radius 3 is 2.63 bits per heavy atom. The SMILES string of the molecule is O=C1NC[C@@H](C(=O)CC(c2ccc(F)c(Cl)c2F)C2CCCCN2CC(F)(F)F)N1. The van der Waals surface area contributed by atoms with Gasteiger partial charge in [-0.05, 0) is 31.0 Å². The minimum atomic E-state index is -4.47. The Bertz CT molecular complexity index is 820. The summed E-state index contributed by atoms with van der Waals surface area (Å²) in [6, 6.07) is -0.115. The molecular formula is C19H21ClF5N3O2. The van der Waals surface area contributed by atoms with Crippen LogP contribution in [0.1, 0.15) is 37.2 Å². The number of carbonyl (C=O) groups is 2. The number of Topliss-reactive ketones (excluding diaryl/α,β-unsaturated/α-hetero) is 1. The molecule has 11 heteroatoms. The van der Waals surface area contributed by atoms with E-state index in [4.69, 9.17) is 11.6 Å². The number of benzene rings is 1. The summed E-state index contributed by atoms with van der Waals surface area (Å²) in [6.07, 6.45) is -3.31. The molecule has 3 rings (SSSR count). The zero-order valence-corrected chi connectivity index (χ0v) is 16.6. The van der Waals surface area contributed by atoms with Crippen LogP contribution >= 0.6 is 11.6 Å². The van der Waals surface area contributed by atoms with Gasteiger partial charge in [0, 0.05) is 24.9 Å². The first-order valence-corrected chi connectivity index (χ1v) is 9.96. The van der Waals surface area contributed by atoms with E-state index in [1.54, 1.807) is 0 Å². The number of urea groups is 1. The molecule has 0 spiro atoms. The quantitative estimate of drug-likeness (QED) is 0.509. The van der Waals surface area contributed by atoms with Crippen molar-refractivity contribution in [3.05, 3.63) is 34.4 Å². The van der Waals surface area contributed by atoms with Crippen LogP contribution in [0.3, 0.4) is 0 Å². The Hall–Kier alpha value is -1.94. The molecule has 2 aliphatic heterocycles. The predicted molar refractivity (Wildman–Crippen MR) is 99.3 cm³/mol. The van der Waals surface area contributed by atoms with Crippen molar-refractivity contribution in [2.75, 3.05) is 19.6 Å². The zero-order chi connectivity index (χ0) is 22.1. The normalized spacial score (nSPS) is 23.7. The molecule has 2 unspecified atom stereocenters. The number of hydrogen-bond donors (Lipinski definition) is 2. The van der Waals surface area contributed by atoms with Crippen LogP contribution in [0.2, 0.25) is 5.02 Å². The molecule has 0 saturated carbocycles. The van der Waals surface area contributed by atoms with Gasteiger partial charge in [-0.25, -0.2) is 13.6 Å². The Balaban J connectivity index is 1.95. The molecular weight excluding hydrogens is 433 g/mol. The number of carbonyl (C=O) groups excluding carboxylic acids is 2. The molecule has 2 aliphatic rings. The first-order valence-electron chi connectivity index (χ1n) is 9.58. The Labute approximate surface area is 174 Å². The fourth-order valence-electron chi connectivity index (χ4n) is 4.19. The summed E-state index contributed by atoms with van der Waals surface area (Å²) in [6.45, 7) is -1.01. The van der Waals surface area contributed by atoms with Gasteiger partial charge >= 0.3 is 12.2 Å². The van der Waals surface area contributed by atoms with Crippen LogP contribution in [0.15, 0.2) is 12.1 Å². The number of halogens is 6. The molecule has 5 nitrogen and oxygen atoms in total. The molecule has 0 bridgehead atoms. The highest BCUT2D eigenvalue weighted by Gasteiger charge is 2.41. The summed E-state index contributed by atoms with van der Waals surface area (Å²) in [4.78, 5) is 25.3. The number of amides is 2. The molecule has 2 saturated heterocycles. The third-order valence-electron chi connectivity index (χ3n) is 5.56. The number of alkyl halides is 3. The predicted octanol–water partition coefficient (Wildman–Crippen LogP) is 3.76. The lowest BCUT2D eigenvalue weighted by molar-refractivity contribution is -0.155. The minimum Gasteiger partial charge on any atom is -0.336 e. The maximum Gasteiger partial charge on any atom is 0.401 e. The summed E-state index contributed by atoms with van der Waals surface area (Å²) in [5.41, 5.74) is -0.105. The molecule has 2 amide bonds. The topological polar surface area (TPSA) is 61.4 Å². The number of rotatable bonds is 6. The minimum absolute atomic E-state index is 0.0357. The van der Waals surface area contributed by atoms with Crippen molar-refractivity contribution < 1.29 is 31.5 Å². The lowest BCUT2D eigenvalue weighted by atomic mass is 9.80. The highest BCUT2D eigenvalue weighted by molar-refractivity contribution is 6.31. The van der Waals surface area contributed by atoms with Gasteiger partial charge in [0.1, 0.15) is 22.7 Å². The molecule has 1 aromatic carbocycles. The standard InChI is InChI=1S/C19H21ClF5N3O2/c20-16-12(21)5-4-10(17(16)22)11(7-15(29)13-8-26-18(30)27-13)14-3-1-2-6-28(14)9-19(23,24)25/h4-5,11,13-14H,1-3,6-9H2,(H2,26,27,30)/t11?,13-,14?/m0/s1. The number of ketones is 1. The highest BCUT2D eigenvalue weighted by atomic mass is 35.5. The van der Waals surface area contributed by atoms with E-state index < -0.39 is 59.2 Å². The Morgan fingerprint density at radius 1 is 1.27 bits per heavy atom. The first-order chi connectivity index (χ1) is 14.1. The number of hydrogen-bond acceptors (Lipinski definition) is 3. The molecule has 1 aromatic rings. The molecule has 166 valence electrons. The second-order valence-electron chi connectivity index (χ2n) is 7.60. The monoisotopic (exact) mass is 453 g/mol. The molecule has 0 radical (unpaired) electrons. The lowest BCUT2D eigenvalue weighted by Crippen LogP contribution is -2.48. The first kappa shape index (κ1) is 22.7. The van der Waals surface area contributed by atoms with Crippen molar-refractivity contribution in [2.45, 2.75) is 49.9 Å². The van der Waals surface area contributed by atoms with Gasteiger partial charge in [-0.15, -0.1) is 0 Å². The van der Waals surface area contributed by atoms with Gasteiger partial charge in [0.25, 0.3) is 0 Å². The highest BCUT2D eigenvalue weighted by Crippen LogP contribution is 2.38. The van der Waals surface area contributed by atoms with Crippen LogP contribution in [0.25, 0.3) is 0 Å². The molecule has 2 heterocycles. The summed E-state index contributed by atoms with van der Waals surface area (Å²) < 4.78 is 67.8. The van der Waals surface area contributed by atoms with E-state index in [0.29, 0.717) is 19.3 Å². The van der Waals surface area contributed by atoms with Gasteiger partial charge in [0.2, 0.25) is 0 Å². The summed E-state index contributed by atoms with van der Waals surface area (Å²) in [7, 11) is 0. The molecule has 2 N–H and O–H groups in total. The zero-order valence-electron chi connectivity index (χ0n) is 15.9. The smallest absolute Gasteiger partial charge is 0.336 e. The van der Waals surface area contributed by atoms with Crippen molar-refractivity contribution in [1.29, 1.82) is 0 Å². The summed E-state index contributed by atoms with van der Waals surface area (Å²) in [5, 5.41) is 4.10. The Kier molecular flexibility index (Phi) is 6.86. The van der Waals surface area contributed by atoms with E-state index in [9.17, 15) is 31.5 Å². The van der Waals surface area contributed by atoms with Crippen LogP contribution in [0.5, 0.6) is 0 Å². The third kappa shape index (κ3) is 5.21. The summed E-state index contributed by atoms with van der Waals surface area (Å²) in [5.74, 6) is -3.50. The number of piperidine rings is 1. The van der Waals surface area contributed by atoms with Gasteiger partial charge in [0.05, 0.1) is 6.54 Å². The van der Waals surface area contributed by atoms with Crippen molar-refractivity contribution in [3.63, 3.8) is 0 Å². The van der Waals surface area contributed by atoms with Crippen molar-refractivity contribution in [1.82, 2.24) is 15.5 Å². The average molecular weight is 454 g/mol. The van der Waals surface area contributed by atoms with E-state index in [2.05, 4.69) is 10.6 Å². The van der Waals surface area contributed by atoms with E-state index in [1.165, 1.54) is 4.90 Å². The van der Waals surface area contributed by atoms with Crippen molar-refractivity contribution in [2.24, 2.45) is 0 Å². The van der Waals surface area contributed by atoms with Gasteiger partial charge in [0.15, 0.2) is 5.78 Å². The molecule has 2 fully saturated rings. The number of nitrogens with zero attached hydrogens (tertiary/aromatic N) is 1. The van der Waals surface area contributed by atoms with Crippen LogP contribution < -0.4 is 10.6 Å². The van der Waals surface area contributed by atoms with E-state index in [1.807, 2.05) is 0 Å². The largest absolute Gasteiger partial charge is 0.401 e. The maximum absolute atomic E-state index is 14.8. The van der Waals surface area contributed by atoms with Gasteiger partial charge < -0.3 is 10.6 Å². The molecule has 30 heavy (non-hydrogen) atoms. The fourth-order valence-corrected chi connectivity index (χ4v) is 4.36. The molecule has 0 aliphatic carbocycles.